The molecule has 0 aliphatic carbocycles. The summed E-state index contributed by atoms with van der Waals surface area (Å²) in [5.41, 5.74) is -3.80. The molecule has 0 radical (unpaired) electrons. The number of carbonyl (C=O) groups is 1. The minimum Gasteiger partial charge on any atom is -0.459 e. The van der Waals surface area contributed by atoms with E-state index in [-0.39, 0.29) is 4.43 Å². The molecule has 0 N–H and O–H groups in total. The van der Waals surface area contributed by atoms with Gasteiger partial charge in [-0.2, -0.15) is 13.2 Å². The number of ether oxygens (including phenoxy) is 1. The Balaban J connectivity index is 2.87. The van der Waals surface area contributed by atoms with Crippen molar-refractivity contribution in [2.45, 2.75) is 24.4 Å². The summed E-state index contributed by atoms with van der Waals surface area (Å²) in [6.45, 7) is 0. The highest BCUT2D eigenvalue weighted by Crippen LogP contribution is 2.43. The fourth-order valence-corrected chi connectivity index (χ4v) is 1.49. The Morgan fingerprint density at radius 1 is 1.62 bits per heavy atom. The minimum atomic E-state index is -5.18. The van der Waals surface area contributed by atoms with Gasteiger partial charge in [0, 0.05) is 10.8 Å². The second-order valence-electron chi connectivity index (χ2n) is 2.68. The minimum absolute atomic E-state index is 0.158. The molecular weight excluding hydrogens is 307 g/mol. The van der Waals surface area contributed by atoms with Gasteiger partial charge in [-0.05, 0) is 0 Å². The van der Waals surface area contributed by atoms with Crippen molar-refractivity contribution in [2.75, 3.05) is 4.43 Å². The first-order valence-electron chi connectivity index (χ1n) is 3.34. The molecule has 1 aliphatic rings. The number of cyclic esters (lactones) is 1. The van der Waals surface area contributed by atoms with Crippen molar-refractivity contribution in [2.24, 2.45) is 0 Å². The van der Waals surface area contributed by atoms with Crippen molar-refractivity contribution < 1.29 is 27.1 Å². The van der Waals surface area contributed by atoms with Gasteiger partial charge in [0.05, 0.1) is 0 Å². The second kappa shape index (κ2) is 3.25. The monoisotopic (exact) mass is 312 g/mol. The number of carbonyl (C=O) groups excluding carboxylic acids is 1. The molecule has 0 saturated carbocycles. The molecule has 0 bridgehead atoms. The first-order chi connectivity index (χ1) is 5.81. The van der Waals surface area contributed by atoms with E-state index >= 15 is 0 Å². The van der Waals surface area contributed by atoms with Crippen LogP contribution in [0.5, 0.6) is 0 Å². The molecule has 1 heterocycles. The molecule has 2 atom stereocenters. The highest BCUT2D eigenvalue weighted by molar-refractivity contribution is 14.1. The van der Waals surface area contributed by atoms with Crippen LogP contribution in [0.25, 0.3) is 0 Å². The van der Waals surface area contributed by atoms with Gasteiger partial charge in [0.1, 0.15) is 6.10 Å². The van der Waals surface area contributed by atoms with Crippen LogP contribution in [0.15, 0.2) is 0 Å². The third-order valence-corrected chi connectivity index (χ3v) is 2.71. The van der Waals surface area contributed by atoms with E-state index < -0.39 is 30.3 Å². The summed E-state index contributed by atoms with van der Waals surface area (Å²) in [5.74, 6) is -1.82. The Labute approximate surface area is 84.8 Å². The van der Waals surface area contributed by atoms with Crippen LogP contribution in [-0.2, 0) is 9.53 Å². The van der Waals surface area contributed by atoms with Crippen LogP contribution in [0.4, 0.5) is 17.6 Å². The zero-order chi connectivity index (χ0) is 10.3. The lowest BCUT2D eigenvalue weighted by molar-refractivity contribution is -0.226. The molecule has 0 aromatic heterocycles. The standard InChI is InChI=1S/C6H5F4IO2/c7-5(6(8,9)10)1-3(2-11)13-4(5)12/h3H,1-2H2/t3-,5-/m0/s1. The van der Waals surface area contributed by atoms with Crippen LogP contribution in [-0.4, -0.2) is 28.3 Å². The van der Waals surface area contributed by atoms with Gasteiger partial charge in [-0.1, -0.05) is 22.6 Å². The van der Waals surface area contributed by atoms with Crippen LogP contribution in [0, 0.1) is 0 Å². The first kappa shape index (κ1) is 11.0. The van der Waals surface area contributed by atoms with E-state index in [4.69, 9.17) is 0 Å². The third kappa shape index (κ3) is 1.75. The highest BCUT2D eigenvalue weighted by atomic mass is 127. The molecule has 2 nitrogen and oxygen atoms in total. The normalized spacial score (nSPS) is 34.8. The zero-order valence-corrected chi connectivity index (χ0v) is 8.36. The zero-order valence-electron chi connectivity index (χ0n) is 6.20. The maximum absolute atomic E-state index is 13.0. The number of esters is 1. The SMILES string of the molecule is O=C1O[C@H](CI)C[C@@]1(F)C(F)(F)F. The molecule has 7 heteroatoms. The fourth-order valence-electron chi connectivity index (χ4n) is 1.00. The predicted octanol–water partition coefficient (Wildman–Crippen LogP) is 2.01. The van der Waals surface area contributed by atoms with Crippen molar-refractivity contribution in [3.05, 3.63) is 0 Å². The molecule has 1 saturated heterocycles. The molecule has 0 spiro atoms. The smallest absolute Gasteiger partial charge is 0.433 e. The Morgan fingerprint density at radius 3 is 2.38 bits per heavy atom. The fraction of sp³-hybridized carbons (Fsp3) is 0.833. The number of rotatable bonds is 1. The largest absolute Gasteiger partial charge is 0.459 e. The molecule has 0 aromatic rings. The summed E-state index contributed by atoms with van der Waals surface area (Å²) in [5, 5.41) is 0. The number of hydrogen-bond donors (Lipinski definition) is 0. The van der Waals surface area contributed by atoms with Gasteiger partial charge in [0.15, 0.2) is 0 Å². The van der Waals surface area contributed by atoms with Crippen LogP contribution < -0.4 is 0 Å². The molecule has 0 unspecified atom stereocenters. The second-order valence-corrected chi connectivity index (χ2v) is 3.57. The number of alkyl halides is 5. The summed E-state index contributed by atoms with van der Waals surface area (Å²) in [4.78, 5) is 10.6. The van der Waals surface area contributed by atoms with E-state index in [9.17, 15) is 22.4 Å². The summed E-state index contributed by atoms with van der Waals surface area (Å²) in [7, 11) is 0. The van der Waals surface area contributed by atoms with Gasteiger partial charge in [0.25, 0.3) is 0 Å². The summed E-state index contributed by atoms with van der Waals surface area (Å²) >= 11 is 1.73. The van der Waals surface area contributed by atoms with Gasteiger partial charge in [-0.25, -0.2) is 9.18 Å². The van der Waals surface area contributed by atoms with E-state index in [0.29, 0.717) is 0 Å². The molecule has 1 rings (SSSR count). The van der Waals surface area contributed by atoms with Crippen LogP contribution >= 0.6 is 22.6 Å². The predicted molar refractivity (Wildman–Crippen MR) is 43.3 cm³/mol. The van der Waals surface area contributed by atoms with E-state index in [2.05, 4.69) is 4.74 Å². The summed E-state index contributed by atoms with van der Waals surface area (Å²) < 4.78 is 53.5. The van der Waals surface area contributed by atoms with Crippen molar-refractivity contribution in [3.63, 3.8) is 0 Å². The quantitative estimate of drug-likeness (QED) is 0.320. The lowest BCUT2D eigenvalue weighted by Gasteiger charge is -2.17. The van der Waals surface area contributed by atoms with E-state index in [1.807, 2.05) is 0 Å². The van der Waals surface area contributed by atoms with Crippen molar-refractivity contribution >= 4 is 28.6 Å². The molecule has 0 aromatic carbocycles. The molecular formula is C6H5F4IO2. The molecule has 13 heavy (non-hydrogen) atoms. The van der Waals surface area contributed by atoms with E-state index in [0.717, 1.165) is 0 Å². The number of hydrogen-bond acceptors (Lipinski definition) is 2. The lowest BCUT2D eigenvalue weighted by Crippen LogP contribution is -2.44. The Kier molecular flexibility index (Phi) is 2.75. The maximum atomic E-state index is 13.0. The van der Waals surface area contributed by atoms with E-state index in [1.54, 1.807) is 22.6 Å². The molecule has 0 amide bonds. The lowest BCUT2D eigenvalue weighted by atomic mass is 10.0. The van der Waals surface area contributed by atoms with Crippen molar-refractivity contribution in [3.8, 4) is 0 Å². The average molecular weight is 312 g/mol. The average Bonchev–Trinajstić information content (AvgIpc) is 2.28. The summed E-state index contributed by atoms with van der Waals surface area (Å²) in [6, 6.07) is 0. The first-order valence-corrected chi connectivity index (χ1v) is 4.86. The van der Waals surface area contributed by atoms with Crippen LogP contribution in [0.1, 0.15) is 6.42 Å². The van der Waals surface area contributed by atoms with Crippen molar-refractivity contribution in [1.29, 1.82) is 0 Å². The third-order valence-electron chi connectivity index (χ3n) is 1.73. The topological polar surface area (TPSA) is 26.3 Å². The van der Waals surface area contributed by atoms with Crippen molar-refractivity contribution in [1.82, 2.24) is 0 Å². The molecule has 76 valence electrons. The summed E-state index contributed by atoms with van der Waals surface area (Å²) in [6.07, 6.45) is -7.08. The van der Waals surface area contributed by atoms with Crippen LogP contribution in [0.3, 0.4) is 0 Å². The van der Waals surface area contributed by atoms with Crippen LogP contribution in [0.2, 0.25) is 0 Å². The highest BCUT2D eigenvalue weighted by Gasteiger charge is 2.67. The van der Waals surface area contributed by atoms with Gasteiger partial charge < -0.3 is 4.74 Å². The molecule has 1 aliphatic heterocycles. The number of halogens is 5. The molecule has 1 fully saturated rings. The van der Waals surface area contributed by atoms with Gasteiger partial charge in [-0.15, -0.1) is 0 Å². The van der Waals surface area contributed by atoms with E-state index in [1.165, 1.54) is 0 Å². The maximum Gasteiger partial charge on any atom is 0.433 e. The Morgan fingerprint density at radius 2 is 2.15 bits per heavy atom. The van der Waals surface area contributed by atoms with Gasteiger partial charge in [0.2, 0.25) is 0 Å². The van der Waals surface area contributed by atoms with Gasteiger partial charge >= 0.3 is 17.8 Å². The van der Waals surface area contributed by atoms with Gasteiger partial charge in [-0.3, -0.25) is 0 Å². The Bertz CT molecular complexity index is 229. The Hall–Kier alpha value is -0.0800.